The second-order valence-electron chi connectivity index (χ2n) is 5.38. The molecular formula is C18H17FN2O3. The van der Waals surface area contributed by atoms with Crippen LogP contribution in [0.2, 0.25) is 0 Å². The molecule has 2 aromatic rings. The summed E-state index contributed by atoms with van der Waals surface area (Å²) >= 11 is 0. The quantitative estimate of drug-likeness (QED) is 0.857. The summed E-state index contributed by atoms with van der Waals surface area (Å²) in [6.45, 7) is 2.26. The molecule has 1 aliphatic rings. The molecule has 5 nitrogen and oxygen atoms in total. The molecule has 0 bridgehead atoms. The number of amides is 2. The minimum atomic E-state index is -0.728. The van der Waals surface area contributed by atoms with Crippen LogP contribution >= 0.6 is 0 Å². The van der Waals surface area contributed by atoms with Crippen LogP contribution in [-0.4, -0.2) is 24.5 Å². The zero-order valence-corrected chi connectivity index (χ0v) is 13.2. The molecule has 124 valence electrons. The van der Waals surface area contributed by atoms with Crippen LogP contribution < -0.4 is 15.0 Å². The maximum atomic E-state index is 13.3. The molecule has 6 heteroatoms. The second-order valence-corrected chi connectivity index (χ2v) is 5.38. The summed E-state index contributed by atoms with van der Waals surface area (Å²) in [6.07, 6.45) is 0.00973. The minimum Gasteiger partial charge on any atom is -0.492 e. The van der Waals surface area contributed by atoms with Gasteiger partial charge in [0.15, 0.2) is 0 Å². The molecule has 0 unspecified atom stereocenters. The standard InChI is InChI=1S/C18H17FN2O3/c1-2-24-16-9-4-3-8-15(16)21-17(22)11-14(18(21)23)20-13-7-5-6-12(19)10-13/h3-10,14,20H,2,11H2,1H3/t14-/m0/s1. The highest BCUT2D eigenvalue weighted by molar-refractivity contribution is 6.23. The Kier molecular flexibility index (Phi) is 4.46. The van der Waals surface area contributed by atoms with Gasteiger partial charge in [-0.2, -0.15) is 0 Å². The molecule has 1 atom stereocenters. The third kappa shape index (κ3) is 3.08. The molecule has 3 rings (SSSR count). The molecule has 2 amide bonds. The molecule has 1 saturated heterocycles. The first-order valence-electron chi connectivity index (χ1n) is 7.71. The summed E-state index contributed by atoms with van der Waals surface area (Å²) in [5.41, 5.74) is 0.888. The first-order valence-corrected chi connectivity index (χ1v) is 7.71. The van der Waals surface area contributed by atoms with E-state index in [2.05, 4.69) is 5.32 Å². The van der Waals surface area contributed by atoms with Crippen LogP contribution in [0.4, 0.5) is 15.8 Å². The third-order valence-electron chi connectivity index (χ3n) is 3.72. The van der Waals surface area contributed by atoms with Gasteiger partial charge in [0.05, 0.1) is 18.7 Å². The fraction of sp³-hybridized carbons (Fsp3) is 0.222. The van der Waals surface area contributed by atoms with Gasteiger partial charge in [0.2, 0.25) is 5.91 Å². The number of nitrogens with one attached hydrogen (secondary N) is 1. The van der Waals surface area contributed by atoms with E-state index in [1.807, 2.05) is 6.92 Å². The number of carbonyl (C=O) groups is 2. The third-order valence-corrected chi connectivity index (χ3v) is 3.72. The molecule has 1 heterocycles. The smallest absolute Gasteiger partial charge is 0.256 e. The number of benzene rings is 2. The zero-order chi connectivity index (χ0) is 17.1. The Labute approximate surface area is 139 Å². The Hall–Kier alpha value is -2.89. The fourth-order valence-electron chi connectivity index (χ4n) is 2.70. The number of nitrogens with zero attached hydrogens (tertiary/aromatic N) is 1. The van der Waals surface area contributed by atoms with Crippen LogP contribution in [0, 0.1) is 5.82 Å². The monoisotopic (exact) mass is 328 g/mol. The van der Waals surface area contributed by atoms with Crippen molar-refractivity contribution in [1.29, 1.82) is 0 Å². The molecule has 1 fully saturated rings. The van der Waals surface area contributed by atoms with Gasteiger partial charge in [-0.25, -0.2) is 9.29 Å². The molecule has 0 aromatic heterocycles. The van der Waals surface area contributed by atoms with E-state index in [0.717, 1.165) is 4.90 Å². The molecule has 0 aliphatic carbocycles. The number of hydrogen-bond acceptors (Lipinski definition) is 4. The summed E-state index contributed by atoms with van der Waals surface area (Å²) in [6, 6.07) is 12.0. The van der Waals surface area contributed by atoms with Crippen molar-refractivity contribution in [3.63, 3.8) is 0 Å². The first kappa shape index (κ1) is 16.0. The van der Waals surface area contributed by atoms with E-state index in [-0.39, 0.29) is 18.2 Å². The van der Waals surface area contributed by atoms with Gasteiger partial charge in [-0.1, -0.05) is 18.2 Å². The highest BCUT2D eigenvalue weighted by Gasteiger charge is 2.40. The highest BCUT2D eigenvalue weighted by Crippen LogP contribution is 2.32. The number of carbonyl (C=O) groups excluding carboxylic acids is 2. The summed E-state index contributed by atoms with van der Waals surface area (Å²) in [7, 11) is 0. The van der Waals surface area contributed by atoms with Crippen LogP contribution in [0.15, 0.2) is 48.5 Å². The number of halogens is 1. The van der Waals surface area contributed by atoms with Gasteiger partial charge >= 0.3 is 0 Å². The van der Waals surface area contributed by atoms with E-state index in [1.165, 1.54) is 12.1 Å². The van der Waals surface area contributed by atoms with Crippen LogP contribution in [-0.2, 0) is 9.59 Å². The lowest BCUT2D eigenvalue weighted by molar-refractivity contribution is -0.121. The van der Waals surface area contributed by atoms with Crippen molar-refractivity contribution >= 4 is 23.2 Å². The maximum absolute atomic E-state index is 13.3. The normalized spacial score (nSPS) is 17.2. The minimum absolute atomic E-state index is 0.00973. The van der Waals surface area contributed by atoms with E-state index >= 15 is 0 Å². The lowest BCUT2D eigenvalue weighted by atomic mass is 10.2. The van der Waals surface area contributed by atoms with Crippen LogP contribution in [0.5, 0.6) is 5.75 Å². The van der Waals surface area contributed by atoms with Gasteiger partial charge in [0.25, 0.3) is 5.91 Å². The van der Waals surface area contributed by atoms with E-state index in [0.29, 0.717) is 23.7 Å². The molecule has 0 radical (unpaired) electrons. The number of anilines is 2. The van der Waals surface area contributed by atoms with Gasteiger partial charge in [-0.3, -0.25) is 9.59 Å². The molecule has 1 aliphatic heterocycles. The number of ether oxygens (including phenoxy) is 1. The number of para-hydroxylation sites is 2. The Morgan fingerprint density at radius 3 is 2.75 bits per heavy atom. The average molecular weight is 328 g/mol. The van der Waals surface area contributed by atoms with Crippen molar-refractivity contribution in [3.05, 3.63) is 54.3 Å². The SMILES string of the molecule is CCOc1ccccc1N1C(=O)C[C@H](Nc2cccc(F)c2)C1=O. The van der Waals surface area contributed by atoms with E-state index in [4.69, 9.17) is 4.74 Å². The number of rotatable bonds is 5. The Morgan fingerprint density at radius 1 is 1.21 bits per heavy atom. The molecule has 2 aromatic carbocycles. The van der Waals surface area contributed by atoms with Crippen LogP contribution in [0.25, 0.3) is 0 Å². The highest BCUT2D eigenvalue weighted by atomic mass is 19.1. The lowest BCUT2D eigenvalue weighted by Gasteiger charge is -2.19. The van der Waals surface area contributed by atoms with Gasteiger partial charge in [0.1, 0.15) is 17.6 Å². The summed E-state index contributed by atoms with van der Waals surface area (Å²) in [5, 5.41) is 2.92. The molecule has 0 saturated carbocycles. The zero-order valence-electron chi connectivity index (χ0n) is 13.2. The first-order chi connectivity index (χ1) is 11.6. The molecule has 1 N–H and O–H groups in total. The van der Waals surface area contributed by atoms with Crippen molar-refractivity contribution in [2.45, 2.75) is 19.4 Å². The second kappa shape index (κ2) is 6.70. The van der Waals surface area contributed by atoms with Crippen LogP contribution in [0.1, 0.15) is 13.3 Å². The predicted molar refractivity (Wildman–Crippen MR) is 88.5 cm³/mol. The Balaban J connectivity index is 1.84. The lowest BCUT2D eigenvalue weighted by Crippen LogP contribution is -2.35. The van der Waals surface area contributed by atoms with Crippen molar-refractivity contribution < 1.29 is 18.7 Å². The fourth-order valence-corrected chi connectivity index (χ4v) is 2.70. The largest absolute Gasteiger partial charge is 0.492 e. The van der Waals surface area contributed by atoms with Gasteiger partial charge in [0, 0.05) is 5.69 Å². The van der Waals surface area contributed by atoms with Crippen molar-refractivity contribution in [2.75, 3.05) is 16.8 Å². The van der Waals surface area contributed by atoms with Gasteiger partial charge in [-0.15, -0.1) is 0 Å². The Bertz CT molecular complexity index is 778. The van der Waals surface area contributed by atoms with E-state index < -0.39 is 11.9 Å². The number of imide groups is 1. The van der Waals surface area contributed by atoms with Crippen molar-refractivity contribution in [3.8, 4) is 5.75 Å². The van der Waals surface area contributed by atoms with E-state index in [1.54, 1.807) is 36.4 Å². The van der Waals surface area contributed by atoms with E-state index in [9.17, 15) is 14.0 Å². The predicted octanol–water partition coefficient (Wildman–Crippen LogP) is 2.97. The summed E-state index contributed by atoms with van der Waals surface area (Å²) < 4.78 is 18.8. The van der Waals surface area contributed by atoms with Crippen molar-refractivity contribution in [2.24, 2.45) is 0 Å². The molecular weight excluding hydrogens is 311 g/mol. The average Bonchev–Trinajstić information content (AvgIpc) is 2.82. The molecule has 24 heavy (non-hydrogen) atoms. The van der Waals surface area contributed by atoms with Gasteiger partial charge in [-0.05, 0) is 37.3 Å². The summed E-state index contributed by atoms with van der Waals surface area (Å²) in [4.78, 5) is 26.1. The van der Waals surface area contributed by atoms with Gasteiger partial charge < -0.3 is 10.1 Å². The van der Waals surface area contributed by atoms with Crippen LogP contribution in [0.3, 0.4) is 0 Å². The van der Waals surface area contributed by atoms with Crippen molar-refractivity contribution in [1.82, 2.24) is 0 Å². The maximum Gasteiger partial charge on any atom is 0.256 e. The summed E-state index contributed by atoms with van der Waals surface area (Å²) in [5.74, 6) is -0.624. The topological polar surface area (TPSA) is 58.6 Å². The molecule has 0 spiro atoms. The Morgan fingerprint density at radius 2 is 2.00 bits per heavy atom. The number of hydrogen-bond donors (Lipinski definition) is 1.